The Morgan fingerprint density at radius 3 is 2.12 bits per heavy atom. The maximum Gasteiger partial charge on any atom is 1.00 e. The molecule has 0 bridgehead atoms. The molecule has 2 aromatic carbocycles. The Balaban J connectivity index is 0.000000954. The van der Waals surface area contributed by atoms with Gasteiger partial charge in [0.15, 0.2) is 11.5 Å². The van der Waals surface area contributed by atoms with Crippen LogP contribution in [0.4, 0.5) is 0 Å². The van der Waals surface area contributed by atoms with Crippen molar-refractivity contribution in [2.45, 2.75) is 6.61 Å². The molecule has 0 spiro atoms. The van der Waals surface area contributed by atoms with Crippen molar-refractivity contribution < 1.29 is 48.9 Å². The van der Waals surface area contributed by atoms with E-state index in [1.165, 1.54) is 19.2 Å². The number of carbonyl (C=O) groups excluding carboxylic acids is 1. The second-order valence-electron chi connectivity index (χ2n) is 5.27. The number of methoxy groups -OCH3 is 1. The third-order valence-electron chi connectivity index (χ3n) is 2.64. The van der Waals surface area contributed by atoms with Crippen LogP contribution in [0.2, 0.25) is 0 Å². The van der Waals surface area contributed by atoms with E-state index in [1.807, 2.05) is 56.4 Å². The number of aromatic carboxylic acids is 1. The van der Waals surface area contributed by atoms with Crippen LogP contribution in [-0.4, -0.2) is 39.1 Å². The van der Waals surface area contributed by atoms with E-state index in [4.69, 9.17) is 9.47 Å². The summed E-state index contributed by atoms with van der Waals surface area (Å²) in [5.41, 5.74) is 1.08. The van der Waals surface area contributed by atoms with Gasteiger partial charge < -0.3 is 24.3 Å². The Labute approximate surface area is 165 Å². The summed E-state index contributed by atoms with van der Waals surface area (Å²) in [6.07, 6.45) is 0. The number of benzene rings is 2. The Morgan fingerprint density at radius 1 is 1.04 bits per heavy atom. The molecule has 24 heavy (non-hydrogen) atoms. The van der Waals surface area contributed by atoms with Gasteiger partial charge in [-0.05, 0) is 44.9 Å². The van der Waals surface area contributed by atoms with Gasteiger partial charge in [-0.15, -0.1) is 0 Å². The third kappa shape index (κ3) is 8.36. The topological polar surface area (TPSA) is 61.8 Å². The SMILES string of the molecule is CN(C)C.COc1cc(C(=O)[O-])ccc1OCc1ccccc1.[Na+]. The van der Waals surface area contributed by atoms with Gasteiger partial charge in [0, 0.05) is 5.56 Å². The molecule has 6 heteroatoms. The Morgan fingerprint density at radius 2 is 1.62 bits per heavy atom. The van der Waals surface area contributed by atoms with E-state index in [9.17, 15) is 9.90 Å². The van der Waals surface area contributed by atoms with Crippen molar-refractivity contribution in [3.63, 3.8) is 0 Å². The van der Waals surface area contributed by atoms with E-state index in [1.54, 1.807) is 6.07 Å². The molecule has 0 unspecified atom stereocenters. The van der Waals surface area contributed by atoms with E-state index >= 15 is 0 Å². The van der Waals surface area contributed by atoms with Crippen LogP contribution >= 0.6 is 0 Å². The molecule has 0 aliphatic rings. The quantitative estimate of drug-likeness (QED) is 0.642. The normalized spacial score (nSPS) is 9.38. The van der Waals surface area contributed by atoms with Crippen LogP contribution in [0.5, 0.6) is 11.5 Å². The summed E-state index contributed by atoms with van der Waals surface area (Å²) in [6.45, 7) is 0.391. The molecule has 0 amide bonds. The predicted molar refractivity (Wildman–Crippen MR) is 87.7 cm³/mol. The van der Waals surface area contributed by atoms with Crippen LogP contribution in [0.25, 0.3) is 0 Å². The second-order valence-corrected chi connectivity index (χ2v) is 5.27. The summed E-state index contributed by atoms with van der Waals surface area (Å²) < 4.78 is 10.7. The molecular formula is C18H22NNaO4. The van der Waals surface area contributed by atoms with E-state index in [2.05, 4.69) is 0 Å². The van der Waals surface area contributed by atoms with E-state index in [-0.39, 0.29) is 35.1 Å². The van der Waals surface area contributed by atoms with Gasteiger partial charge in [0.1, 0.15) is 6.61 Å². The smallest absolute Gasteiger partial charge is 0.545 e. The second kappa shape index (κ2) is 11.9. The molecular weight excluding hydrogens is 317 g/mol. The largest absolute Gasteiger partial charge is 1.00 e. The van der Waals surface area contributed by atoms with Gasteiger partial charge in [0.05, 0.1) is 13.1 Å². The van der Waals surface area contributed by atoms with Crippen LogP contribution in [-0.2, 0) is 6.61 Å². The fourth-order valence-corrected chi connectivity index (χ4v) is 1.65. The number of hydrogen-bond acceptors (Lipinski definition) is 5. The number of carboxylic acids is 1. The molecule has 0 heterocycles. The third-order valence-corrected chi connectivity index (χ3v) is 2.64. The molecule has 0 aromatic heterocycles. The van der Waals surface area contributed by atoms with Crippen molar-refractivity contribution in [1.82, 2.24) is 4.90 Å². The maximum absolute atomic E-state index is 10.8. The van der Waals surface area contributed by atoms with Gasteiger partial charge in [-0.1, -0.05) is 30.3 Å². The Bertz CT molecular complexity index is 615. The van der Waals surface area contributed by atoms with Crippen LogP contribution in [0.3, 0.4) is 0 Å². The summed E-state index contributed by atoms with van der Waals surface area (Å²) >= 11 is 0. The average molecular weight is 339 g/mol. The molecule has 124 valence electrons. The van der Waals surface area contributed by atoms with E-state index in [0.717, 1.165) is 5.56 Å². The molecule has 0 saturated heterocycles. The first kappa shape index (κ1) is 22.5. The maximum atomic E-state index is 10.8. The van der Waals surface area contributed by atoms with Crippen LogP contribution in [0, 0.1) is 0 Å². The van der Waals surface area contributed by atoms with E-state index in [0.29, 0.717) is 18.1 Å². The minimum atomic E-state index is -1.24. The van der Waals surface area contributed by atoms with Crippen molar-refractivity contribution >= 4 is 5.97 Å². The zero-order valence-corrected chi connectivity index (χ0v) is 16.9. The number of nitrogens with zero attached hydrogens (tertiary/aromatic N) is 1. The molecule has 2 rings (SSSR count). The summed E-state index contributed by atoms with van der Waals surface area (Å²) in [7, 11) is 7.46. The molecule has 0 saturated carbocycles. The van der Waals surface area contributed by atoms with Crippen molar-refractivity contribution in [3.8, 4) is 11.5 Å². The number of hydrogen-bond donors (Lipinski definition) is 0. The molecule has 0 radical (unpaired) electrons. The van der Waals surface area contributed by atoms with Crippen molar-refractivity contribution in [2.24, 2.45) is 0 Å². The van der Waals surface area contributed by atoms with Gasteiger partial charge in [-0.25, -0.2) is 0 Å². The van der Waals surface area contributed by atoms with Gasteiger partial charge in [-0.2, -0.15) is 0 Å². The first-order valence-corrected chi connectivity index (χ1v) is 7.11. The molecule has 0 aliphatic heterocycles. The minimum absolute atomic E-state index is 0. The number of rotatable bonds is 5. The van der Waals surface area contributed by atoms with E-state index < -0.39 is 5.97 Å². The molecule has 0 fully saturated rings. The predicted octanol–water partition coefficient (Wildman–Crippen LogP) is -1.18. The van der Waals surface area contributed by atoms with Crippen molar-refractivity contribution in [2.75, 3.05) is 28.3 Å². The van der Waals surface area contributed by atoms with Crippen molar-refractivity contribution in [3.05, 3.63) is 59.7 Å². The summed E-state index contributed by atoms with van der Waals surface area (Å²) in [5.74, 6) is -0.373. The number of ether oxygens (including phenoxy) is 2. The fourth-order valence-electron chi connectivity index (χ4n) is 1.65. The Hall–Kier alpha value is -1.53. The van der Waals surface area contributed by atoms with Crippen LogP contribution in [0.1, 0.15) is 15.9 Å². The van der Waals surface area contributed by atoms with Gasteiger partial charge in [0.2, 0.25) is 0 Å². The van der Waals surface area contributed by atoms with Gasteiger partial charge in [-0.3, -0.25) is 0 Å². The molecule has 5 nitrogen and oxygen atoms in total. The van der Waals surface area contributed by atoms with Crippen LogP contribution in [0.15, 0.2) is 48.5 Å². The summed E-state index contributed by atoms with van der Waals surface area (Å²) in [4.78, 5) is 12.8. The molecule has 0 aliphatic carbocycles. The number of carboxylic acid groups (broad SMARTS) is 1. The minimum Gasteiger partial charge on any atom is -0.545 e. The fraction of sp³-hybridized carbons (Fsp3) is 0.278. The Kier molecular flexibility index (Phi) is 11.2. The van der Waals surface area contributed by atoms with Crippen LogP contribution < -0.4 is 44.1 Å². The first-order chi connectivity index (χ1) is 10.9. The molecule has 0 atom stereocenters. The zero-order chi connectivity index (χ0) is 17.2. The summed E-state index contributed by atoms with van der Waals surface area (Å²) in [5, 5.41) is 10.8. The average Bonchev–Trinajstić information content (AvgIpc) is 2.53. The zero-order valence-electron chi connectivity index (χ0n) is 14.9. The summed E-state index contributed by atoms with van der Waals surface area (Å²) in [6, 6.07) is 14.0. The van der Waals surface area contributed by atoms with Gasteiger partial charge in [0.25, 0.3) is 0 Å². The van der Waals surface area contributed by atoms with Gasteiger partial charge >= 0.3 is 29.6 Å². The van der Waals surface area contributed by atoms with Crippen molar-refractivity contribution in [1.29, 1.82) is 0 Å². The monoisotopic (exact) mass is 339 g/mol. The standard InChI is InChI=1S/C15H14O4.C3H9N.Na/c1-18-14-9-12(15(16)17)7-8-13(14)19-10-11-5-3-2-4-6-11;1-4(2)3;/h2-9H,10H2,1H3,(H,16,17);1-3H3;/q;;+1/p-1. The molecule has 2 aromatic rings. The molecule has 0 N–H and O–H groups in total. The first-order valence-electron chi connectivity index (χ1n) is 7.11. The number of carbonyl (C=O) groups is 1.